The van der Waals surface area contributed by atoms with E-state index in [1.165, 1.54) is 0 Å². The van der Waals surface area contributed by atoms with Crippen molar-refractivity contribution >= 4 is 5.97 Å². The Hall–Kier alpha value is -2.83. The molecule has 348 valence electrons. The van der Waals surface area contributed by atoms with E-state index in [1.54, 1.807) is 0 Å². The average Bonchev–Trinajstić information content (AvgIpc) is 3.25. The van der Waals surface area contributed by atoms with Crippen LogP contribution in [0.2, 0.25) is 0 Å². The largest absolute Gasteiger partial charge is 0.457 e. The lowest BCUT2D eigenvalue weighted by molar-refractivity contribution is -0.332. The van der Waals surface area contributed by atoms with E-state index in [2.05, 4.69) is 92.0 Å². The molecule has 2 aliphatic heterocycles. The van der Waals surface area contributed by atoms with Gasteiger partial charge in [0.1, 0.15) is 54.9 Å². The third-order valence-electron chi connectivity index (χ3n) is 9.92. The van der Waals surface area contributed by atoms with Crippen molar-refractivity contribution in [2.75, 3.05) is 33.0 Å². The zero-order valence-electron chi connectivity index (χ0n) is 36.4. The summed E-state index contributed by atoms with van der Waals surface area (Å²) >= 11 is 0. The quantitative estimate of drug-likeness (QED) is 0.0271. The number of allylic oxidation sites excluding steroid dienone is 14. The molecule has 0 aromatic rings. The molecule has 0 bridgehead atoms. The Kier molecular flexibility index (Phi) is 30.8. The third kappa shape index (κ3) is 23.4. The van der Waals surface area contributed by atoms with Gasteiger partial charge in [-0.05, 0) is 70.6 Å². The van der Waals surface area contributed by atoms with Gasteiger partial charge in [0.25, 0.3) is 0 Å². The molecule has 2 fully saturated rings. The Balaban J connectivity index is 1.69. The maximum Gasteiger partial charge on any atom is 0.306 e. The van der Waals surface area contributed by atoms with Gasteiger partial charge in [0.15, 0.2) is 12.6 Å². The van der Waals surface area contributed by atoms with Crippen molar-refractivity contribution in [2.45, 2.75) is 171 Å². The standard InChI is InChI=1S/C47H76O14/c1-3-5-7-8-9-10-11-12-13-14-15-16-17-18-19-20-21-22-23-24-25-26-27-29-31-56-33-36(59-39(49)30-28-6-4-2)34-57-46-45(55)43(53)41(51)38(61-46)35-58-47-44(54)42(52)40(50)37(32-48)60-47/h5,7,9-10,12-13,15-16,18-19,21-22,24-25,36-38,40-48,50-55H,3-4,6,8,11,14,17,20,23,26-35H2,1-2H3/b7-5-,10-9-,13-12-,16-15-,19-18-,22-21-,25-24-. The van der Waals surface area contributed by atoms with Crippen LogP contribution in [0, 0.1) is 0 Å². The molecule has 2 aliphatic rings. The van der Waals surface area contributed by atoms with Gasteiger partial charge >= 0.3 is 5.97 Å². The summed E-state index contributed by atoms with van der Waals surface area (Å²) in [6.45, 7) is 3.22. The SMILES string of the molecule is CC/C=C\C/C=C\C/C=C\C/C=C\C/C=C\C/C=C\C/C=C\CCCCOCC(COC1OC(COC2OC(CO)C(O)C(O)C2O)C(O)C(O)C1O)OC(=O)CCCCC. The molecule has 0 radical (unpaired) electrons. The number of ether oxygens (including phenoxy) is 6. The van der Waals surface area contributed by atoms with Crippen molar-refractivity contribution in [1.82, 2.24) is 0 Å². The summed E-state index contributed by atoms with van der Waals surface area (Å²) in [5.74, 6) is -0.422. The minimum atomic E-state index is -1.71. The van der Waals surface area contributed by atoms with E-state index in [9.17, 15) is 40.5 Å². The fourth-order valence-electron chi connectivity index (χ4n) is 6.26. The summed E-state index contributed by atoms with van der Waals surface area (Å²) in [4.78, 5) is 12.6. The predicted octanol–water partition coefficient (Wildman–Crippen LogP) is 4.95. The smallest absolute Gasteiger partial charge is 0.306 e. The number of carbonyl (C=O) groups is 1. The van der Waals surface area contributed by atoms with Crippen LogP contribution in [-0.2, 0) is 33.2 Å². The van der Waals surface area contributed by atoms with Crippen LogP contribution >= 0.6 is 0 Å². The molecule has 7 N–H and O–H groups in total. The van der Waals surface area contributed by atoms with Crippen LogP contribution in [0.1, 0.15) is 104 Å². The molecule has 14 nitrogen and oxygen atoms in total. The van der Waals surface area contributed by atoms with Gasteiger partial charge in [0.05, 0.1) is 26.4 Å². The lowest BCUT2D eigenvalue weighted by Gasteiger charge is -2.42. The van der Waals surface area contributed by atoms with Gasteiger partial charge < -0.3 is 64.2 Å². The Morgan fingerprint density at radius 2 is 1.05 bits per heavy atom. The lowest BCUT2D eigenvalue weighted by atomic mass is 9.98. The van der Waals surface area contributed by atoms with Crippen molar-refractivity contribution in [3.05, 3.63) is 85.1 Å². The van der Waals surface area contributed by atoms with Crippen LogP contribution in [0.5, 0.6) is 0 Å². The normalized spacial score (nSPS) is 28.3. The predicted molar refractivity (Wildman–Crippen MR) is 233 cm³/mol. The van der Waals surface area contributed by atoms with E-state index < -0.39 is 86.7 Å². The number of hydrogen-bond acceptors (Lipinski definition) is 14. The van der Waals surface area contributed by atoms with E-state index in [0.29, 0.717) is 13.0 Å². The Morgan fingerprint density at radius 3 is 1.57 bits per heavy atom. The minimum absolute atomic E-state index is 0.0235. The molecule has 0 aliphatic carbocycles. The summed E-state index contributed by atoms with van der Waals surface area (Å²) in [6, 6.07) is 0. The first kappa shape index (κ1) is 54.3. The fraction of sp³-hybridized carbons (Fsp3) is 0.681. The highest BCUT2D eigenvalue weighted by molar-refractivity contribution is 5.69. The maximum atomic E-state index is 12.6. The first-order valence-corrected chi connectivity index (χ1v) is 22.2. The molecule has 61 heavy (non-hydrogen) atoms. The van der Waals surface area contributed by atoms with Crippen molar-refractivity contribution in [3.8, 4) is 0 Å². The van der Waals surface area contributed by atoms with Crippen LogP contribution in [-0.4, -0.2) is 142 Å². The summed E-state index contributed by atoms with van der Waals surface area (Å²) in [7, 11) is 0. The fourth-order valence-corrected chi connectivity index (χ4v) is 6.26. The Labute approximate surface area is 363 Å². The highest BCUT2D eigenvalue weighted by atomic mass is 16.7. The van der Waals surface area contributed by atoms with E-state index in [-0.39, 0.29) is 19.6 Å². The molecule has 0 aromatic carbocycles. The molecular weight excluding hydrogens is 789 g/mol. The minimum Gasteiger partial charge on any atom is -0.457 e. The molecule has 0 amide bonds. The summed E-state index contributed by atoms with van der Waals surface area (Å²) in [5, 5.41) is 71.5. The van der Waals surface area contributed by atoms with Crippen molar-refractivity contribution in [1.29, 1.82) is 0 Å². The summed E-state index contributed by atoms with van der Waals surface area (Å²) in [5.41, 5.74) is 0. The van der Waals surface area contributed by atoms with Crippen molar-refractivity contribution in [3.63, 3.8) is 0 Å². The van der Waals surface area contributed by atoms with Gasteiger partial charge in [-0.1, -0.05) is 112 Å². The van der Waals surface area contributed by atoms with Gasteiger partial charge in [0.2, 0.25) is 0 Å². The van der Waals surface area contributed by atoms with Gasteiger partial charge in [-0.25, -0.2) is 0 Å². The van der Waals surface area contributed by atoms with Gasteiger partial charge in [-0.2, -0.15) is 0 Å². The summed E-state index contributed by atoms with van der Waals surface area (Å²) < 4.78 is 33.7. The number of hydrogen-bond donors (Lipinski definition) is 7. The van der Waals surface area contributed by atoms with Crippen molar-refractivity contribution < 1.29 is 69.0 Å². The topological polar surface area (TPSA) is 214 Å². The number of aliphatic hydroxyl groups is 7. The van der Waals surface area contributed by atoms with Gasteiger partial charge in [-0.3, -0.25) is 4.79 Å². The van der Waals surface area contributed by atoms with E-state index in [4.69, 9.17) is 28.4 Å². The lowest BCUT2D eigenvalue weighted by Crippen LogP contribution is -2.61. The molecule has 2 saturated heterocycles. The van der Waals surface area contributed by atoms with E-state index >= 15 is 0 Å². The molecule has 0 spiro atoms. The molecule has 11 atom stereocenters. The number of esters is 1. The van der Waals surface area contributed by atoms with Crippen LogP contribution < -0.4 is 0 Å². The van der Waals surface area contributed by atoms with Crippen molar-refractivity contribution in [2.24, 2.45) is 0 Å². The first-order valence-electron chi connectivity index (χ1n) is 22.2. The third-order valence-corrected chi connectivity index (χ3v) is 9.92. The second-order valence-electron chi connectivity index (χ2n) is 15.1. The Morgan fingerprint density at radius 1 is 0.557 bits per heavy atom. The number of unbranched alkanes of at least 4 members (excludes halogenated alkanes) is 4. The highest BCUT2D eigenvalue weighted by Gasteiger charge is 2.47. The average molecular weight is 865 g/mol. The molecule has 14 heteroatoms. The van der Waals surface area contributed by atoms with Gasteiger partial charge in [-0.15, -0.1) is 0 Å². The summed E-state index contributed by atoms with van der Waals surface area (Å²) in [6.07, 6.45) is 26.3. The molecule has 2 heterocycles. The number of rotatable bonds is 32. The molecular formula is C47H76O14. The van der Waals surface area contributed by atoms with Crippen LogP contribution in [0.4, 0.5) is 0 Å². The molecule has 0 aromatic heterocycles. The highest BCUT2D eigenvalue weighted by Crippen LogP contribution is 2.26. The van der Waals surface area contributed by atoms with Crippen LogP contribution in [0.3, 0.4) is 0 Å². The zero-order valence-corrected chi connectivity index (χ0v) is 36.4. The van der Waals surface area contributed by atoms with Crippen LogP contribution in [0.25, 0.3) is 0 Å². The van der Waals surface area contributed by atoms with Gasteiger partial charge in [0, 0.05) is 13.0 Å². The number of aliphatic hydroxyl groups excluding tert-OH is 7. The monoisotopic (exact) mass is 865 g/mol. The zero-order chi connectivity index (χ0) is 44.5. The molecule has 2 rings (SSSR count). The molecule has 0 saturated carbocycles. The second kappa shape index (κ2) is 34.6. The number of carbonyl (C=O) groups excluding carboxylic acids is 1. The maximum absolute atomic E-state index is 12.6. The van der Waals surface area contributed by atoms with E-state index in [1.807, 2.05) is 6.92 Å². The van der Waals surface area contributed by atoms with Crippen LogP contribution in [0.15, 0.2) is 85.1 Å². The van der Waals surface area contributed by atoms with E-state index in [0.717, 1.165) is 77.0 Å². The Bertz CT molecular complexity index is 1330. The second-order valence-corrected chi connectivity index (χ2v) is 15.1. The molecule has 11 unspecified atom stereocenters. The first-order chi connectivity index (χ1) is 29.6.